The molecule has 4 rings (SSSR count). The molecular formula is C20H19ClFN3O. The summed E-state index contributed by atoms with van der Waals surface area (Å²) in [6, 6.07) is 14.3. The molecule has 3 aromatic rings. The second-order valence-corrected chi connectivity index (χ2v) is 6.82. The molecule has 26 heavy (non-hydrogen) atoms. The van der Waals surface area contributed by atoms with Crippen LogP contribution in [0.2, 0.25) is 5.02 Å². The Bertz CT molecular complexity index is 881. The molecule has 0 radical (unpaired) electrons. The highest BCUT2D eigenvalue weighted by atomic mass is 35.5. The van der Waals surface area contributed by atoms with Crippen LogP contribution < -0.4 is 0 Å². The number of aromatic amines is 1. The smallest absolute Gasteiger partial charge is 0.126 e. The van der Waals surface area contributed by atoms with Gasteiger partial charge in [0, 0.05) is 23.7 Å². The molecule has 1 atom stereocenters. The number of hydrogen-bond acceptors (Lipinski definition) is 3. The molecule has 1 aromatic heterocycles. The number of rotatable bonds is 4. The molecule has 1 aliphatic rings. The van der Waals surface area contributed by atoms with Crippen LogP contribution in [-0.4, -0.2) is 34.6 Å². The van der Waals surface area contributed by atoms with E-state index in [0.717, 1.165) is 35.7 Å². The first-order chi connectivity index (χ1) is 12.7. The molecule has 1 fully saturated rings. The second kappa shape index (κ2) is 7.58. The van der Waals surface area contributed by atoms with E-state index < -0.39 is 0 Å². The summed E-state index contributed by atoms with van der Waals surface area (Å²) in [5.41, 5.74) is 2.99. The molecule has 0 spiro atoms. The maximum absolute atomic E-state index is 13.1. The lowest BCUT2D eigenvalue weighted by atomic mass is 10.1. The van der Waals surface area contributed by atoms with Crippen LogP contribution in [0.15, 0.2) is 54.7 Å². The van der Waals surface area contributed by atoms with Crippen molar-refractivity contribution in [1.82, 2.24) is 14.9 Å². The Balaban J connectivity index is 1.55. The first-order valence-electron chi connectivity index (χ1n) is 8.56. The van der Waals surface area contributed by atoms with Crippen molar-refractivity contribution in [3.63, 3.8) is 0 Å². The molecule has 2 heterocycles. The van der Waals surface area contributed by atoms with E-state index in [9.17, 15) is 4.39 Å². The van der Waals surface area contributed by atoms with Crippen molar-refractivity contribution in [3.05, 3.63) is 77.0 Å². The minimum Gasteiger partial charge on any atom is -0.378 e. The van der Waals surface area contributed by atoms with E-state index in [2.05, 4.69) is 14.9 Å². The van der Waals surface area contributed by atoms with E-state index >= 15 is 0 Å². The average molecular weight is 372 g/mol. The van der Waals surface area contributed by atoms with Gasteiger partial charge in [-0.2, -0.15) is 0 Å². The monoisotopic (exact) mass is 371 g/mol. The van der Waals surface area contributed by atoms with E-state index in [1.54, 1.807) is 0 Å². The summed E-state index contributed by atoms with van der Waals surface area (Å²) >= 11 is 6.09. The first kappa shape index (κ1) is 17.2. The third-order valence-electron chi connectivity index (χ3n) is 4.58. The van der Waals surface area contributed by atoms with Crippen LogP contribution >= 0.6 is 11.6 Å². The van der Waals surface area contributed by atoms with Gasteiger partial charge in [-0.3, -0.25) is 4.90 Å². The summed E-state index contributed by atoms with van der Waals surface area (Å²) in [7, 11) is 0. The molecule has 6 heteroatoms. The molecule has 0 amide bonds. The largest absolute Gasteiger partial charge is 0.378 e. The Morgan fingerprint density at radius 2 is 2.08 bits per heavy atom. The summed E-state index contributed by atoms with van der Waals surface area (Å²) < 4.78 is 18.8. The zero-order valence-corrected chi connectivity index (χ0v) is 14.9. The number of morpholine rings is 1. The van der Waals surface area contributed by atoms with Crippen molar-refractivity contribution in [2.75, 3.05) is 19.8 Å². The topological polar surface area (TPSA) is 41.1 Å². The highest BCUT2D eigenvalue weighted by Crippen LogP contribution is 2.27. The van der Waals surface area contributed by atoms with E-state index in [1.165, 1.54) is 12.1 Å². The van der Waals surface area contributed by atoms with Gasteiger partial charge in [-0.25, -0.2) is 9.37 Å². The average Bonchev–Trinajstić information content (AvgIpc) is 3.14. The molecule has 1 N–H and O–H groups in total. The third kappa shape index (κ3) is 3.80. The van der Waals surface area contributed by atoms with Crippen LogP contribution in [0.3, 0.4) is 0 Å². The van der Waals surface area contributed by atoms with Gasteiger partial charge in [0.05, 0.1) is 31.1 Å². The molecule has 1 saturated heterocycles. The molecule has 0 unspecified atom stereocenters. The van der Waals surface area contributed by atoms with E-state index in [-0.39, 0.29) is 11.9 Å². The SMILES string of the molecule is Fc1ccc(CN2CCOC[C@H]2c2ncc(-c3cccc(Cl)c3)[nH]2)cc1. The van der Waals surface area contributed by atoms with Crippen molar-refractivity contribution < 1.29 is 9.13 Å². The standard InChI is InChI=1S/C20H19ClFN3O/c21-16-3-1-2-15(10-16)18-11-23-20(24-18)19-13-26-9-8-25(19)12-14-4-6-17(22)7-5-14/h1-7,10-11,19H,8-9,12-13H2,(H,23,24)/t19-/m0/s1. The van der Waals surface area contributed by atoms with Crippen molar-refractivity contribution >= 4 is 11.6 Å². The van der Waals surface area contributed by atoms with Crippen molar-refractivity contribution in [3.8, 4) is 11.3 Å². The van der Waals surface area contributed by atoms with Gasteiger partial charge in [0.1, 0.15) is 11.6 Å². The molecule has 1 aliphatic heterocycles. The number of benzene rings is 2. The predicted molar refractivity (Wildman–Crippen MR) is 99.4 cm³/mol. The van der Waals surface area contributed by atoms with Crippen LogP contribution in [-0.2, 0) is 11.3 Å². The first-order valence-corrected chi connectivity index (χ1v) is 8.94. The fourth-order valence-corrected chi connectivity index (χ4v) is 3.40. The van der Waals surface area contributed by atoms with Crippen LogP contribution in [0.4, 0.5) is 4.39 Å². The second-order valence-electron chi connectivity index (χ2n) is 6.38. The van der Waals surface area contributed by atoms with E-state index in [1.807, 2.05) is 42.6 Å². The number of ether oxygens (including phenoxy) is 1. The van der Waals surface area contributed by atoms with Crippen molar-refractivity contribution in [2.45, 2.75) is 12.6 Å². The number of aromatic nitrogens is 2. The lowest BCUT2D eigenvalue weighted by Crippen LogP contribution is -2.39. The summed E-state index contributed by atoms with van der Waals surface area (Å²) in [6.07, 6.45) is 1.83. The predicted octanol–water partition coefficient (Wildman–Crippen LogP) is 4.44. The summed E-state index contributed by atoms with van der Waals surface area (Å²) in [6.45, 7) is 2.78. The highest BCUT2D eigenvalue weighted by molar-refractivity contribution is 6.30. The minimum absolute atomic E-state index is 0.0294. The number of nitrogens with one attached hydrogen (secondary N) is 1. The van der Waals surface area contributed by atoms with Gasteiger partial charge in [0.25, 0.3) is 0 Å². The Morgan fingerprint density at radius 1 is 1.23 bits per heavy atom. The van der Waals surface area contributed by atoms with Gasteiger partial charge < -0.3 is 9.72 Å². The summed E-state index contributed by atoms with van der Waals surface area (Å²) in [4.78, 5) is 10.3. The summed E-state index contributed by atoms with van der Waals surface area (Å²) in [5.74, 6) is 0.645. The molecule has 0 bridgehead atoms. The maximum Gasteiger partial charge on any atom is 0.126 e. The Kier molecular flexibility index (Phi) is 5.02. The number of imidazole rings is 1. The van der Waals surface area contributed by atoms with Crippen LogP contribution in [0, 0.1) is 5.82 Å². The van der Waals surface area contributed by atoms with Gasteiger partial charge in [0.2, 0.25) is 0 Å². The zero-order valence-electron chi connectivity index (χ0n) is 14.2. The summed E-state index contributed by atoms with van der Waals surface area (Å²) in [5, 5.41) is 0.692. The molecule has 0 saturated carbocycles. The van der Waals surface area contributed by atoms with E-state index in [4.69, 9.17) is 16.3 Å². The number of nitrogens with zero attached hydrogens (tertiary/aromatic N) is 2. The lowest BCUT2D eigenvalue weighted by Gasteiger charge is -2.34. The Labute approximate surface area is 156 Å². The number of hydrogen-bond donors (Lipinski definition) is 1. The minimum atomic E-state index is -0.218. The highest BCUT2D eigenvalue weighted by Gasteiger charge is 2.27. The zero-order chi connectivity index (χ0) is 17.9. The molecule has 2 aromatic carbocycles. The maximum atomic E-state index is 13.1. The number of H-pyrrole nitrogens is 1. The van der Waals surface area contributed by atoms with Crippen LogP contribution in [0.1, 0.15) is 17.4 Å². The van der Waals surface area contributed by atoms with Gasteiger partial charge >= 0.3 is 0 Å². The molecule has 0 aliphatic carbocycles. The number of halogens is 2. The van der Waals surface area contributed by atoms with Crippen molar-refractivity contribution in [1.29, 1.82) is 0 Å². The van der Waals surface area contributed by atoms with Crippen LogP contribution in [0.25, 0.3) is 11.3 Å². The molecular weight excluding hydrogens is 353 g/mol. The normalized spacial score (nSPS) is 18.2. The van der Waals surface area contributed by atoms with Crippen LogP contribution in [0.5, 0.6) is 0 Å². The Morgan fingerprint density at radius 3 is 2.88 bits per heavy atom. The quantitative estimate of drug-likeness (QED) is 0.737. The molecule has 134 valence electrons. The van der Waals surface area contributed by atoms with Gasteiger partial charge in [-0.15, -0.1) is 0 Å². The fourth-order valence-electron chi connectivity index (χ4n) is 3.21. The fraction of sp³-hybridized carbons (Fsp3) is 0.250. The van der Waals surface area contributed by atoms with Gasteiger partial charge in [-0.05, 0) is 29.8 Å². The van der Waals surface area contributed by atoms with Gasteiger partial charge in [0.15, 0.2) is 0 Å². The van der Waals surface area contributed by atoms with E-state index in [0.29, 0.717) is 18.2 Å². The van der Waals surface area contributed by atoms with Gasteiger partial charge in [-0.1, -0.05) is 35.9 Å². The molecule has 4 nitrogen and oxygen atoms in total. The Hall–Kier alpha value is -2.21. The third-order valence-corrected chi connectivity index (χ3v) is 4.82. The lowest BCUT2D eigenvalue weighted by molar-refractivity contribution is -0.0156. The van der Waals surface area contributed by atoms with Crippen molar-refractivity contribution in [2.24, 2.45) is 0 Å².